The molecule has 0 aliphatic heterocycles. The smallest absolute Gasteiger partial charge is 0.143 e. The van der Waals surface area contributed by atoms with Gasteiger partial charge in [-0.1, -0.05) is 206 Å². The van der Waals surface area contributed by atoms with Crippen LogP contribution in [0.1, 0.15) is 8.22 Å². The Morgan fingerprint density at radius 1 is 0.338 bits per heavy atom. The van der Waals surface area contributed by atoms with Gasteiger partial charge in [0.05, 0.1) is 25.0 Å². The van der Waals surface area contributed by atoms with Crippen LogP contribution in [0.3, 0.4) is 0 Å². The fourth-order valence-electron chi connectivity index (χ4n) is 9.72. The van der Waals surface area contributed by atoms with Gasteiger partial charge in [0.1, 0.15) is 11.5 Å². The molecule has 0 aliphatic carbocycles. The maximum absolute atomic E-state index is 9.88. The molecule has 3 heteroatoms. The third kappa shape index (κ3) is 5.97. The topological polar surface area (TPSA) is 38.9 Å². The van der Waals surface area contributed by atoms with Crippen molar-refractivity contribution in [1.29, 1.82) is 0 Å². The Hall–Kier alpha value is -8.66. The number of rotatable bonds is 6. The van der Waals surface area contributed by atoms with E-state index < -0.39 is 12.1 Å². The number of furan rings is 1. The van der Waals surface area contributed by atoms with Gasteiger partial charge in [-0.2, -0.15) is 0 Å². The molecule has 0 saturated carbocycles. The molecule has 3 heterocycles. The van der Waals surface area contributed by atoms with Gasteiger partial charge < -0.3 is 4.42 Å². The first kappa shape index (κ1) is 31.2. The number of hydrogen-bond acceptors (Lipinski definition) is 3. The van der Waals surface area contributed by atoms with E-state index in [0.717, 1.165) is 82.2 Å². The molecule has 0 spiro atoms. The van der Waals surface area contributed by atoms with Crippen LogP contribution in [0, 0.1) is 0 Å². The fraction of sp³-hybridized carbons (Fsp3) is 0. The quantitative estimate of drug-likeness (QED) is 0.157. The molecule has 0 saturated heterocycles. The van der Waals surface area contributed by atoms with Crippen molar-refractivity contribution in [2.75, 3.05) is 0 Å². The summed E-state index contributed by atoms with van der Waals surface area (Å²) in [5.41, 5.74) is 8.07. The number of hydrogen-bond donors (Lipinski definition) is 0. The van der Waals surface area contributed by atoms with Crippen molar-refractivity contribution in [1.82, 2.24) is 9.97 Å². The maximum Gasteiger partial charge on any atom is 0.143 e. The zero-order valence-electron chi connectivity index (χ0n) is 40.8. The minimum atomic E-state index is -0.435. The average molecular weight is 833 g/mol. The number of pyridine rings is 2. The molecule has 10 aromatic carbocycles. The molecule has 0 N–H and O–H groups in total. The molecular weight excluding hydrogens is 789 g/mol. The van der Waals surface area contributed by atoms with Crippen LogP contribution in [-0.2, 0) is 0 Å². The molecule has 0 atom stereocenters. The summed E-state index contributed by atoms with van der Waals surface area (Å²) in [5.74, 6) is 1.36. The number of benzene rings is 10. The van der Waals surface area contributed by atoms with Crippen LogP contribution in [0.15, 0.2) is 235 Å². The average Bonchev–Trinajstić information content (AvgIpc) is 3.81. The lowest BCUT2D eigenvalue weighted by atomic mass is 9.86. The summed E-state index contributed by atoms with van der Waals surface area (Å²) in [7, 11) is 0. The largest absolute Gasteiger partial charge is 0.455 e. The van der Waals surface area contributed by atoms with Crippen LogP contribution in [0.5, 0.6) is 0 Å². The number of fused-ring (bicyclic) bond motifs is 7. The molecule has 302 valence electrons. The second-order valence-corrected chi connectivity index (χ2v) is 16.3. The Morgan fingerprint density at radius 2 is 0.877 bits per heavy atom. The molecule has 3 nitrogen and oxygen atoms in total. The van der Waals surface area contributed by atoms with Gasteiger partial charge in [0.15, 0.2) is 0 Å². The summed E-state index contributed by atoms with van der Waals surface area (Å²) in [5, 5.41) is 7.80. The first-order chi connectivity index (χ1) is 34.8. The SMILES string of the molecule is [2H]c1c([2H])c([2H])c2c(-c3ccc(-c4oc(-c5cccc6ccccc56)c(-c5cccc6ccccc56)c4-c4ccccc4)c4ccccc34)c([2H])c([2H])c(-c3ccc4ccc5cccnc5c4n3)c2c1[2H]. The summed E-state index contributed by atoms with van der Waals surface area (Å²) in [6.45, 7) is 0. The Morgan fingerprint density at radius 3 is 1.65 bits per heavy atom. The summed E-state index contributed by atoms with van der Waals surface area (Å²) in [6, 6.07) is 61.0. The number of nitrogens with zero attached hydrogens (tertiary/aromatic N) is 2. The second kappa shape index (κ2) is 15.0. The molecule has 65 heavy (non-hydrogen) atoms. The molecule has 0 radical (unpaired) electrons. The molecule has 3 aromatic heterocycles. The van der Waals surface area contributed by atoms with E-state index in [9.17, 15) is 5.48 Å². The van der Waals surface area contributed by atoms with E-state index in [4.69, 9.17) is 12.1 Å². The van der Waals surface area contributed by atoms with Crippen molar-refractivity contribution in [3.05, 3.63) is 231 Å². The van der Waals surface area contributed by atoms with Gasteiger partial charge in [-0.25, -0.2) is 4.98 Å². The standard InChI is InChI=1S/C62H38N2O/c1-2-17-41(18-3-1)57-58(53-28-12-19-39-15-4-6-22-44(39)53)62(54-29-13-20-40-16-5-7-23-45(40)54)65-61(57)55-36-34-51(47-25-9-11-27-49(47)55)50-33-35-52(48-26-10-8-24-46(48)50)56-37-32-43-31-30-42-21-14-38-63-59(42)60(43)64-56/h1-38H/i8D,10D,24D,26D,33D,35D. The van der Waals surface area contributed by atoms with Crippen LogP contribution in [0.25, 0.3) is 132 Å². The zero-order valence-corrected chi connectivity index (χ0v) is 34.8. The van der Waals surface area contributed by atoms with Crippen LogP contribution >= 0.6 is 0 Å². The third-order valence-electron chi connectivity index (χ3n) is 12.7. The highest BCUT2D eigenvalue weighted by Crippen LogP contribution is 2.52. The summed E-state index contributed by atoms with van der Waals surface area (Å²) >= 11 is 0. The Kier molecular flexibility index (Phi) is 7.21. The zero-order chi connectivity index (χ0) is 48.1. The van der Waals surface area contributed by atoms with Crippen LogP contribution in [0.4, 0.5) is 0 Å². The van der Waals surface area contributed by atoms with E-state index in [-0.39, 0.29) is 46.1 Å². The lowest BCUT2D eigenvalue weighted by Gasteiger charge is -2.16. The van der Waals surface area contributed by atoms with Crippen LogP contribution < -0.4 is 0 Å². The summed E-state index contributed by atoms with van der Waals surface area (Å²) in [4.78, 5) is 9.66. The molecular formula is C62H38N2O. The Labute approximate surface area is 384 Å². The molecule has 0 amide bonds. The van der Waals surface area contributed by atoms with E-state index in [1.807, 2.05) is 91.0 Å². The van der Waals surface area contributed by atoms with Crippen molar-refractivity contribution in [2.24, 2.45) is 0 Å². The summed E-state index contributed by atoms with van der Waals surface area (Å²) < 4.78 is 63.9. The molecule has 13 aromatic rings. The van der Waals surface area contributed by atoms with Crippen LogP contribution in [0.2, 0.25) is 0 Å². The predicted molar refractivity (Wildman–Crippen MR) is 272 cm³/mol. The highest BCUT2D eigenvalue weighted by molar-refractivity contribution is 6.16. The molecule has 0 fully saturated rings. The van der Waals surface area contributed by atoms with E-state index in [1.54, 1.807) is 12.3 Å². The molecule has 0 bridgehead atoms. The monoisotopic (exact) mass is 832 g/mol. The van der Waals surface area contributed by atoms with Crippen molar-refractivity contribution >= 4 is 64.9 Å². The van der Waals surface area contributed by atoms with Gasteiger partial charge in [-0.3, -0.25) is 4.98 Å². The van der Waals surface area contributed by atoms with Gasteiger partial charge >= 0.3 is 0 Å². The van der Waals surface area contributed by atoms with Crippen molar-refractivity contribution in [2.45, 2.75) is 0 Å². The van der Waals surface area contributed by atoms with E-state index in [0.29, 0.717) is 28.1 Å². The highest BCUT2D eigenvalue weighted by Gasteiger charge is 2.28. The first-order valence-corrected chi connectivity index (χ1v) is 21.7. The first-order valence-electron chi connectivity index (χ1n) is 24.7. The highest BCUT2D eigenvalue weighted by atomic mass is 16.3. The molecule has 0 unspecified atom stereocenters. The van der Waals surface area contributed by atoms with Crippen molar-refractivity contribution < 1.29 is 12.6 Å². The van der Waals surface area contributed by atoms with E-state index in [1.165, 1.54) is 0 Å². The fourth-order valence-corrected chi connectivity index (χ4v) is 9.72. The predicted octanol–water partition coefficient (Wildman–Crippen LogP) is 17.0. The van der Waals surface area contributed by atoms with Gasteiger partial charge in [0.25, 0.3) is 0 Å². The lowest BCUT2D eigenvalue weighted by molar-refractivity contribution is 0.600. The lowest BCUT2D eigenvalue weighted by Crippen LogP contribution is -1.92. The van der Waals surface area contributed by atoms with Gasteiger partial charge in [0.2, 0.25) is 0 Å². The van der Waals surface area contributed by atoms with Gasteiger partial charge in [0, 0.05) is 44.8 Å². The minimum Gasteiger partial charge on any atom is -0.455 e. The normalized spacial score (nSPS) is 13.0. The van der Waals surface area contributed by atoms with Gasteiger partial charge in [-0.15, -0.1) is 0 Å². The minimum absolute atomic E-state index is 0.122. The van der Waals surface area contributed by atoms with E-state index >= 15 is 0 Å². The van der Waals surface area contributed by atoms with Crippen LogP contribution in [-0.4, -0.2) is 9.97 Å². The van der Waals surface area contributed by atoms with Crippen molar-refractivity contribution in [3.8, 4) is 67.3 Å². The second-order valence-electron chi connectivity index (χ2n) is 16.3. The van der Waals surface area contributed by atoms with Crippen molar-refractivity contribution in [3.63, 3.8) is 0 Å². The number of aromatic nitrogens is 2. The summed E-state index contributed by atoms with van der Waals surface area (Å²) in [6.07, 6.45) is 1.70. The molecule has 13 rings (SSSR count). The Bertz CT molecular complexity index is 4370. The third-order valence-corrected chi connectivity index (χ3v) is 12.7. The molecule has 0 aliphatic rings. The van der Waals surface area contributed by atoms with E-state index in [2.05, 4.69) is 96.0 Å². The Balaban J connectivity index is 1.11. The maximum atomic E-state index is 9.88. The van der Waals surface area contributed by atoms with Gasteiger partial charge in [-0.05, 0) is 83.5 Å².